The number of benzene rings is 1. The normalized spacial score (nSPS) is 16.1. The molecule has 1 saturated heterocycles. The maximum atomic E-state index is 13.1. The molecule has 6 nitrogen and oxygen atoms in total. The summed E-state index contributed by atoms with van der Waals surface area (Å²) in [5, 5.41) is 5.43. The van der Waals surface area contributed by atoms with Crippen molar-refractivity contribution in [3.8, 4) is 0 Å². The molecule has 0 spiro atoms. The van der Waals surface area contributed by atoms with Gasteiger partial charge in [0.2, 0.25) is 17.7 Å². The molecular weight excluding hydrogens is 337 g/mol. The van der Waals surface area contributed by atoms with Gasteiger partial charge in [0.25, 0.3) is 0 Å². The molecule has 0 aromatic heterocycles. The second kappa shape index (κ2) is 8.78. The second-order valence-corrected chi connectivity index (χ2v) is 6.69. The zero-order valence-electron chi connectivity index (χ0n) is 15.5. The number of halogens is 1. The lowest BCUT2D eigenvalue weighted by Gasteiger charge is -2.31. The van der Waals surface area contributed by atoms with Crippen LogP contribution in [0.4, 0.5) is 10.1 Å². The van der Waals surface area contributed by atoms with E-state index in [0.29, 0.717) is 43.6 Å². The fourth-order valence-electron chi connectivity index (χ4n) is 3.02. The van der Waals surface area contributed by atoms with Crippen molar-refractivity contribution in [2.24, 2.45) is 5.92 Å². The van der Waals surface area contributed by atoms with Gasteiger partial charge in [-0.2, -0.15) is 0 Å². The molecule has 0 bridgehead atoms. The molecule has 0 radical (unpaired) electrons. The summed E-state index contributed by atoms with van der Waals surface area (Å²) in [5.74, 6) is -0.988. The van der Waals surface area contributed by atoms with Gasteiger partial charge in [-0.3, -0.25) is 14.4 Å². The first-order valence-electron chi connectivity index (χ1n) is 8.97. The van der Waals surface area contributed by atoms with Crippen molar-refractivity contribution in [1.82, 2.24) is 10.2 Å². The Balaban J connectivity index is 1.85. The SMILES string of the molecule is CCC(=O)N1CCC(C(=O)NC(C)C(=O)Nc2ccc(F)cc2C)CC1. The van der Waals surface area contributed by atoms with Gasteiger partial charge in [0.05, 0.1) is 0 Å². The Kier molecular flexibility index (Phi) is 6.71. The highest BCUT2D eigenvalue weighted by Crippen LogP contribution is 2.19. The molecule has 1 fully saturated rings. The van der Waals surface area contributed by atoms with Gasteiger partial charge in [-0.05, 0) is 50.5 Å². The van der Waals surface area contributed by atoms with Crippen molar-refractivity contribution >= 4 is 23.4 Å². The first-order chi connectivity index (χ1) is 12.3. The highest BCUT2D eigenvalue weighted by Gasteiger charge is 2.28. The molecule has 142 valence electrons. The number of likely N-dealkylation sites (tertiary alicyclic amines) is 1. The van der Waals surface area contributed by atoms with Crippen LogP contribution in [-0.2, 0) is 14.4 Å². The average molecular weight is 363 g/mol. The number of nitrogens with one attached hydrogen (secondary N) is 2. The molecule has 2 N–H and O–H groups in total. The number of hydrogen-bond donors (Lipinski definition) is 2. The number of aryl methyl sites for hydroxylation is 1. The van der Waals surface area contributed by atoms with Crippen molar-refractivity contribution < 1.29 is 18.8 Å². The van der Waals surface area contributed by atoms with Crippen LogP contribution >= 0.6 is 0 Å². The maximum absolute atomic E-state index is 13.1. The highest BCUT2D eigenvalue weighted by atomic mass is 19.1. The van der Waals surface area contributed by atoms with Crippen LogP contribution in [-0.4, -0.2) is 41.8 Å². The summed E-state index contributed by atoms with van der Waals surface area (Å²) < 4.78 is 13.1. The van der Waals surface area contributed by atoms with Crippen molar-refractivity contribution in [1.29, 1.82) is 0 Å². The molecule has 1 aliphatic rings. The van der Waals surface area contributed by atoms with Crippen molar-refractivity contribution in [3.63, 3.8) is 0 Å². The van der Waals surface area contributed by atoms with Crippen LogP contribution in [0.5, 0.6) is 0 Å². The Hall–Kier alpha value is -2.44. The van der Waals surface area contributed by atoms with E-state index < -0.39 is 6.04 Å². The van der Waals surface area contributed by atoms with Crippen LogP contribution in [0.15, 0.2) is 18.2 Å². The first kappa shape index (κ1) is 19.9. The lowest BCUT2D eigenvalue weighted by Crippen LogP contribution is -2.47. The molecule has 3 amide bonds. The van der Waals surface area contributed by atoms with Crippen molar-refractivity contribution in [3.05, 3.63) is 29.6 Å². The first-order valence-corrected chi connectivity index (χ1v) is 8.97. The molecule has 0 saturated carbocycles. The summed E-state index contributed by atoms with van der Waals surface area (Å²) in [4.78, 5) is 38.1. The van der Waals surface area contributed by atoms with Gasteiger partial charge < -0.3 is 15.5 Å². The molecule has 1 aliphatic heterocycles. The zero-order valence-corrected chi connectivity index (χ0v) is 15.5. The number of anilines is 1. The Morgan fingerprint density at radius 3 is 2.50 bits per heavy atom. The summed E-state index contributed by atoms with van der Waals surface area (Å²) >= 11 is 0. The minimum Gasteiger partial charge on any atom is -0.344 e. The molecule has 1 heterocycles. The summed E-state index contributed by atoms with van der Waals surface area (Å²) in [5.41, 5.74) is 1.13. The minimum atomic E-state index is -0.706. The van der Waals surface area contributed by atoms with Crippen LogP contribution in [0.25, 0.3) is 0 Å². The van der Waals surface area contributed by atoms with Gasteiger partial charge in [0, 0.05) is 31.1 Å². The molecule has 1 aromatic carbocycles. The topological polar surface area (TPSA) is 78.5 Å². The zero-order chi connectivity index (χ0) is 19.3. The van der Waals surface area contributed by atoms with E-state index in [2.05, 4.69) is 10.6 Å². The van der Waals surface area contributed by atoms with Crippen LogP contribution in [0, 0.1) is 18.7 Å². The van der Waals surface area contributed by atoms with E-state index >= 15 is 0 Å². The molecule has 1 atom stereocenters. The molecular formula is C19H26FN3O3. The second-order valence-electron chi connectivity index (χ2n) is 6.69. The Labute approximate surface area is 153 Å². The summed E-state index contributed by atoms with van der Waals surface area (Å²) in [6.07, 6.45) is 1.67. The van der Waals surface area contributed by atoms with Crippen LogP contribution in [0.1, 0.15) is 38.7 Å². The summed E-state index contributed by atoms with van der Waals surface area (Å²) in [6, 6.07) is 3.40. The number of hydrogen-bond acceptors (Lipinski definition) is 3. The molecule has 1 aromatic rings. The third-order valence-corrected chi connectivity index (χ3v) is 4.72. The molecule has 2 rings (SSSR count). The lowest BCUT2D eigenvalue weighted by atomic mass is 9.95. The number of carbonyl (C=O) groups excluding carboxylic acids is 3. The summed E-state index contributed by atoms with van der Waals surface area (Å²) in [6.45, 7) is 6.28. The summed E-state index contributed by atoms with van der Waals surface area (Å²) in [7, 11) is 0. The third-order valence-electron chi connectivity index (χ3n) is 4.72. The van der Waals surface area contributed by atoms with Gasteiger partial charge >= 0.3 is 0 Å². The fraction of sp³-hybridized carbons (Fsp3) is 0.526. The van der Waals surface area contributed by atoms with E-state index in [9.17, 15) is 18.8 Å². The molecule has 0 aliphatic carbocycles. The van der Waals surface area contributed by atoms with Crippen molar-refractivity contribution in [2.45, 2.75) is 46.1 Å². The number of amides is 3. The van der Waals surface area contributed by atoms with Gasteiger partial charge in [-0.15, -0.1) is 0 Å². The Morgan fingerprint density at radius 1 is 1.27 bits per heavy atom. The molecule has 7 heteroatoms. The van der Waals surface area contributed by atoms with E-state index in [1.165, 1.54) is 18.2 Å². The Bertz CT molecular complexity index is 685. The highest BCUT2D eigenvalue weighted by molar-refractivity contribution is 5.97. The van der Waals surface area contributed by atoms with Gasteiger partial charge in [-0.1, -0.05) is 6.92 Å². The smallest absolute Gasteiger partial charge is 0.246 e. The minimum absolute atomic E-state index is 0.103. The maximum Gasteiger partial charge on any atom is 0.246 e. The predicted octanol–water partition coefficient (Wildman–Crippen LogP) is 2.23. The molecule has 26 heavy (non-hydrogen) atoms. The van der Waals surface area contributed by atoms with Gasteiger partial charge in [0.15, 0.2) is 0 Å². The van der Waals surface area contributed by atoms with E-state index in [1.54, 1.807) is 18.7 Å². The number of rotatable bonds is 5. The van der Waals surface area contributed by atoms with E-state index in [-0.39, 0.29) is 29.5 Å². The predicted molar refractivity (Wildman–Crippen MR) is 97.0 cm³/mol. The molecule has 1 unspecified atom stereocenters. The van der Waals surface area contributed by atoms with Gasteiger partial charge in [-0.25, -0.2) is 4.39 Å². The van der Waals surface area contributed by atoms with E-state index in [0.717, 1.165) is 0 Å². The lowest BCUT2D eigenvalue weighted by molar-refractivity contribution is -0.136. The average Bonchev–Trinajstić information content (AvgIpc) is 2.63. The van der Waals surface area contributed by atoms with E-state index in [1.807, 2.05) is 6.92 Å². The van der Waals surface area contributed by atoms with E-state index in [4.69, 9.17) is 0 Å². The van der Waals surface area contributed by atoms with Crippen LogP contribution in [0.2, 0.25) is 0 Å². The van der Waals surface area contributed by atoms with Crippen LogP contribution < -0.4 is 10.6 Å². The Morgan fingerprint density at radius 2 is 1.92 bits per heavy atom. The standard InChI is InChI=1S/C19H26FN3O3/c1-4-17(24)23-9-7-14(8-10-23)19(26)21-13(3)18(25)22-16-6-5-15(20)11-12(16)2/h5-6,11,13-14H,4,7-10H2,1-3H3,(H,21,26)(H,22,25). The number of piperidine rings is 1. The van der Waals surface area contributed by atoms with Gasteiger partial charge in [0.1, 0.15) is 11.9 Å². The van der Waals surface area contributed by atoms with Crippen molar-refractivity contribution in [2.75, 3.05) is 18.4 Å². The fourth-order valence-corrected chi connectivity index (χ4v) is 3.02. The van der Waals surface area contributed by atoms with Crippen LogP contribution in [0.3, 0.4) is 0 Å². The number of nitrogens with zero attached hydrogens (tertiary/aromatic N) is 1. The number of carbonyl (C=O) groups is 3. The third kappa shape index (κ3) is 5.03. The monoisotopic (exact) mass is 363 g/mol. The largest absolute Gasteiger partial charge is 0.344 e. The quantitative estimate of drug-likeness (QED) is 0.842.